The van der Waals surface area contributed by atoms with Gasteiger partial charge >= 0.3 is 0 Å². The maximum Gasteiger partial charge on any atom is 0.223 e. The highest BCUT2D eigenvalue weighted by molar-refractivity contribution is 7.09. The van der Waals surface area contributed by atoms with E-state index in [1.54, 1.807) is 11.3 Å². The second-order valence-corrected chi connectivity index (χ2v) is 8.16. The summed E-state index contributed by atoms with van der Waals surface area (Å²) in [6.07, 6.45) is 7.80. The number of nitrogens with one attached hydrogen (secondary N) is 1. The van der Waals surface area contributed by atoms with Gasteiger partial charge in [0.15, 0.2) is 0 Å². The van der Waals surface area contributed by atoms with Crippen molar-refractivity contribution in [3.8, 4) is 0 Å². The van der Waals surface area contributed by atoms with Gasteiger partial charge in [-0.2, -0.15) is 0 Å². The monoisotopic (exact) mass is 363 g/mol. The molecular formula is C19H29N3O2S. The lowest BCUT2D eigenvalue weighted by atomic mass is 9.85. The Kier molecular flexibility index (Phi) is 6.45. The van der Waals surface area contributed by atoms with E-state index in [4.69, 9.17) is 4.98 Å². The average molecular weight is 364 g/mol. The number of carbonyl (C=O) groups is 2. The van der Waals surface area contributed by atoms with E-state index in [-0.39, 0.29) is 17.7 Å². The minimum atomic E-state index is 0.207. The van der Waals surface area contributed by atoms with Crippen LogP contribution in [-0.2, 0) is 16.0 Å². The molecule has 0 unspecified atom stereocenters. The largest absolute Gasteiger partial charge is 0.355 e. The number of rotatable bonds is 7. The normalized spacial score (nSPS) is 21.0. The summed E-state index contributed by atoms with van der Waals surface area (Å²) in [6.45, 7) is 4.42. The molecule has 1 aliphatic carbocycles. The molecule has 0 bridgehead atoms. The van der Waals surface area contributed by atoms with Gasteiger partial charge in [-0.05, 0) is 32.1 Å². The number of hydrogen-bond acceptors (Lipinski definition) is 4. The Morgan fingerprint density at radius 3 is 2.88 bits per heavy atom. The molecule has 1 N–H and O–H groups in total. The summed E-state index contributed by atoms with van der Waals surface area (Å²) in [5.41, 5.74) is 1.06. The maximum atomic E-state index is 12.1. The van der Waals surface area contributed by atoms with Gasteiger partial charge in [0, 0.05) is 49.7 Å². The van der Waals surface area contributed by atoms with Crippen LogP contribution in [0, 0.1) is 5.92 Å². The van der Waals surface area contributed by atoms with Crippen molar-refractivity contribution in [2.45, 2.75) is 64.2 Å². The van der Waals surface area contributed by atoms with E-state index in [9.17, 15) is 9.59 Å². The third-order valence-electron chi connectivity index (χ3n) is 5.31. The van der Waals surface area contributed by atoms with Gasteiger partial charge in [0.05, 0.1) is 10.7 Å². The van der Waals surface area contributed by atoms with Crippen molar-refractivity contribution in [3.05, 3.63) is 16.1 Å². The molecule has 1 aromatic heterocycles. The minimum Gasteiger partial charge on any atom is -0.355 e. The Morgan fingerprint density at radius 1 is 1.32 bits per heavy atom. The van der Waals surface area contributed by atoms with Crippen molar-refractivity contribution in [2.75, 3.05) is 19.6 Å². The van der Waals surface area contributed by atoms with Crippen molar-refractivity contribution in [2.24, 2.45) is 5.92 Å². The van der Waals surface area contributed by atoms with Crippen LogP contribution >= 0.6 is 11.3 Å². The summed E-state index contributed by atoms with van der Waals surface area (Å²) in [5.74, 6) is 1.11. The molecule has 6 heteroatoms. The summed E-state index contributed by atoms with van der Waals surface area (Å²) in [4.78, 5) is 30.8. The first-order valence-electron chi connectivity index (χ1n) is 9.67. The molecule has 1 aromatic rings. The van der Waals surface area contributed by atoms with Crippen LogP contribution in [0.3, 0.4) is 0 Å². The molecule has 1 saturated carbocycles. The van der Waals surface area contributed by atoms with Gasteiger partial charge in [-0.15, -0.1) is 11.3 Å². The van der Waals surface area contributed by atoms with Crippen LogP contribution < -0.4 is 5.32 Å². The molecule has 2 amide bonds. The molecule has 1 atom stereocenters. The van der Waals surface area contributed by atoms with E-state index in [0.717, 1.165) is 62.3 Å². The summed E-state index contributed by atoms with van der Waals surface area (Å²) in [6, 6.07) is 0. The number of piperidine rings is 1. The van der Waals surface area contributed by atoms with Crippen LogP contribution in [0.1, 0.15) is 68.5 Å². The zero-order chi connectivity index (χ0) is 17.6. The van der Waals surface area contributed by atoms with E-state index in [0.29, 0.717) is 18.9 Å². The molecule has 1 saturated heterocycles. The number of carbonyl (C=O) groups excluding carboxylic acids is 2. The van der Waals surface area contributed by atoms with Gasteiger partial charge in [0.2, 0.25) is 11.8 Å². The van der Waals surface area contributed by atoms with Gasteiger partial charge < -0.3 is 10.2 Å². The van der Waals surface area contributed by atoms with E-state index >= 15 is 0 Å². The third-order valence-corrected chi connectivity index (χ3v) is 6.37. The van der Waals surface area contributed by atoms with Gasteiger partial charge in [0.25, 0.3) is 0 Å². The minimum absolute atomic E-state index is 0.207. The Balaban J connectivity index is 1.47. The zero-order valence-electron chi connectivity index (χ0n) is 15.1. The average Bonchev–Trinajstić information content (AvgIpc) is 3.02. The summed E-state index contributed by atoms with van der Waals surface area (Å²) in [7, 11) is 0. The van der Waals surface area contributed by atoms with Crippen molar-refractivity contribution >= 4 is 23.2 Å². The molecule has 3 rings (SSSR count). The summed E-state index contributed by atoms with van der Waals surface area (Å²) >= 11 is 1.70. The van der Waals surface area contributed by atoms with Crippen molar-refractivity contribution in [1.29, 1.82) is 0 Å². The number of nitrogens with zero attached hydrogens (tertiary/aromatic N) is 2. The molecule has 0 aromatic carbocycles. The molecule has 138 valence electrons. The van der Waals surface area contributed by atoms with Crippen LogP contribution in [-0.4, -0.2) is 41.3 Å². The number of aromatic nitrogens is 1. The molecule has 1 aliphatic heterocycles. The van der Waals surface area contributed by atoms with Gasteiger partial charge in [-0.3, -0.25) is 9.59 Å². The maximum absolute atomic E-state index is 12.1. The van der Waals surface area contributed by atoms with Crippen molar-refractivity contribution in [1.82, 2.24) is 15.2 Å². The fourth-order valence-electron chi connectivity index (χ4n) is 3.53. The van der Waals surface area contributed by atoms with Gasteiger partial charge in [0.1, 0.15) is 0 Å². The van der Waals surface area contributed by atoms with Gasteiger partial charge in [-0.1, -0.05) is 13.3 Å². The van der Waals surface area contributed by atoms with Gasteiger partial charge in [-0.25, -0.2) is 4.98 Å². The Hall–Kier alpha value is -1.43. The number of thiazole rings is 1. The van der Waals surface area contributed by atoms with Crippen LogP contribution in [0.15, 0.2) is 5.38 Å². The lowest BCUT2D eigenvalue weighted by molar-refractivity contribution is -0.132. The Morgan fingerprint density at radius 2 is 2.16 bits per heavy atom. The summed E-state index contributed by atoms with van der Waals surface area (Å²) < 4.78 is 0. The lowest BCUT2D eigenvalue weighted by Crippen LogP contribution is -2.38. The Bertz CT molecular complexity index is 597. The van der Waals surface area contributed by atoms with E-state index in [2.05, 4.69) is 17.6 Å². The van der Waals surface area contributed by atoms with E-state index in [1.807, 2.05) is 4.90 Å². The van der Waals surface area contributed by atoms with E-state index < -0.39 is 0 Å². The molecule has 2 heterocycles. The highest BCUT2D eigenvalue weighted by Gasteiger charge is 2.27. The fourth-order valence-corrected chi connectivity index (χ4v) is 4.51. The highest BCUT2D eigenvalue weighted by atomic mass is 32.1. The molecule has 2 aliphatic rings. The second kappa shape index (κ2) is 8.79. The molecule has 5 nitrogen and oxygen atoms in total. The zero-order valence-corrected chi connectivity index (χ0v) is 15.9. The second-order valence-electron chi connectivity index (χ2n) is 7.27. The molecule has 0 spiro atoms. The molecular weight excluding hydrogens is 334 g/mol. The van der Waals surface area contributed by atoms with Crippen LogP contribution in [0.2, 0.25) is 0 Å². The van der Waals surface area contributed by atoms with Crippen LogP contribution in [0.5, 0.6) is 0 Å². The highest BCUT2D eigenvalue weighted by Crippen LogP contribution is 2.30. The first-order chi connectivity index (χ1) is 12.2. The summed E-state index contributed by atoms with van der Waals surface area (Å²) in [5, 5.41) is 6.29. The molecule has 2 fully saturated rings. The van der Waals surface area contributed by atoms with E-state index in [1.165, 1.54) is 6.42 Å². The van der Waals surface area contributed by atoms with Crippen molar-refractivity contribution in [3.63, 3.8) is 0 Å². The number of likely N-dealkylation sites (tertiary alicyclic amines) is 1. The first kappa shape index (κ1) is 18.4. The number of hydrogen-bond donors (Lipinski definition) is 1. The predicted octanol–water partition coefficient (Wildman–Crippen LogP) is 3.11. The van der Waals surface area contributed by atoms with Crippen LogP contribution in [0.25, 0.3) is 0 Å². The smallest absolute Gasteiger partial charge is 0.223 e. The number of amides is 2. The quantitative estimate of drug-likeness (QED) is 0.810. The fraction of sp³-hybridized carbons (Fsp3) is 0.737. The third kappa shape index (κ3) is 4.81. The standard InChI is InChI=1S/C19H29N3O2S/c1-2-5-17(23)22-11-4-8-15(12-22)19-21-16(13-25-19)9-10-20-18(24)14-6-3-7-14/h13-15H,2-12H2,1H3,(H,20,24)/t15-/m1/s1. The predicted molar refractivity (Wildman–Crippen MR) is 99.6 cm³/mol. The first-order valence-corrected chi connectivity index (χ1v) is 10.5. The molecule has 0 radical (unpaired) electrons. The SMILES string of the molecule is CCCC(=O)N1CCC[C@@H](c2nc(CCNC(=O)C3CCC3)cs2)C1. The lowest BCUT2D eigenvalue weighted by Gasteiger charge is -2.31. The van der Waals surface area contributed by atoms with Crippen LogP contribution in [0.4, 0.5) is 0 Å². The van der Waals surface area contributed by atoms with Crippen molar-refractivity contribution < 1.29 is 9.59 Å². The Labute approximate surface area is 154 Å². The topological polar surface area (TPSA) is 62.3 Å². The molecule has 25 heavy (non-hydrogen) atoms.